The average molecular weight is 270 g/mol. The minimum Gasteiger partial charge on any atom is -0.481 e. The predicted octanol–water partition coefficient (Wildman–Crippen LogP) is 2.41. The van der Waals surface area contributed by atoms with Gasteiger partial charge in [0.25, 0.3) is 0 Å². The van der Waals surface area contributed by atoms with Gasteiger partial charge >= 0.3 is 12.0 Å². The number of urea groups is 1. The van der Waals surface area contributed by atoms with Gasteiger partial charge in [0.05, 0.1) is 5.41 Å². The summed E-state index contributed by atoms with van der Waals surface area (Å²) in [5.74, 6) is -0.783. The number of aliphatic carboxylic acids is 1. The van der Waals surface area contributed by atoms with Crippen LogP contribution in [0.15, 0.2) is 0 Å². The van der Waals surface area contributed by atoms with Gasteiger partial charge in [-0.1, -0.05) is 20.3 Å². The summed E-state index contributed by atoms with van der Waals surface area (Å²) in [5.41, 5.74) is -0.746. The molecule has 0 radical (unpaired) electrons. The van der Waals surface area contributed by atoms with Crippen molar-refractivity contribution in [1.82, 2.24) is 9.80 Å². The molecule has 2 unspecified atom stereocenters. The maximum atomic E-state index is 12.3. The summed E-state index contributed by atoms with van der Waals surface area (Å²) >= 11 is 0. The van der Waals surface area contributed by atoms with E-state index in [2.05, 4.69) is 6.92 Å². The Morgan fingerprint density at radius 3 is 2.47 bits per heavy atom. The molecule has 0 aromatic rings. The first-order valence-electron chi connectivity index (χ1n) is 7.13. The molecular weight excluding hydrogens is 244 g/mol. The normalized spacial score (nSPS) is 24.3. The lowest BCUT2D eigenvalue weighted by Gasteiger charge is -2.30. The molecule has 0 saturated carbocycles. The van der Waals surface area contributed by atoms with E-state index in [0.717, 1.165) is 12.8 Å². The molecule has 1 aliphatic rings. The number of carboxylic acids is 1. The lowest BCUT2D eigenvalue weighted by molar-refractivity contribution is -0.148. The monoisotopic (exact) mass is 270 g/mol. The SMILES string of the molecule is CCCC(C)N(C)C(=O)N1CCC(CC)(C(=O)O)C1. The second kappa shape index (κ2) is 6.26. The van der Waals surface area contributed by atoms with Crippen molar-refractivity contribution in [2.24, 2.45) is 5.41 Å². The van der Waals surface area contributed by atoms with Crippen LogP contribution in [0.2, 0.25) is 0 Å². The van der Waals surface area contributed by atoms with E-state index in [1.54, 1.807) is 16.8 Å². The van der Waals surface area contributed by atoms with Gasteiger partial charge in [-0.25, -0.2) is 4.79 Å². The highest BCUT2D eigenvalue weighted by atomic mass is 16.4. The molecule has 1 rings (SSSR count). The molecule has 1 saturated heterocycles. The van der Waals surface area contributed by atoms with E-state index < -0.39 is 11.4 Å². The molecule has 110 valence electrons. The molecule has 2 atom stereocenters. The highest BCUT2D eigenvalue weighted by Gasteiger charge is 2.45. The molecule has 0 bridgehead atoms. The van der Waals surface area contributed by atoms with Gasteiger partial charge in [-0.05, 0) is 26.2 Å². The molecule has 19 heavy (non-hydrogen) atoms. The van der Waals surface area contributed by atoms with Crippen LogP contribution >= 0.6 is 0 Å². The maximum Gasteiger partial charge on any atom is 0.320 e. The highest BCUT2D eigenvalue weighted by Crippen LogP contribution is 2.34. The topological polar surface area (TPSA) is 60.9 Å². The summed E-state index contributed by atoms with van der Waals surface area (Å²) in [4.78, 5) is 27.1. The third kappa shape index (κ3) is 3.19. The van der Waals surface area contributed by atoms with Crippen LogP contribution in [0.5, 0.6) is 0 Å². The maximum absolute atomic E-state index is 12.3. The van der Waals surface area contributed by atoms with Crippen molar-refractivity contribution in [3.63, 3.8) is 0 Å². The molecule has 5 nitrogen and oxygen atoms in total. The zero-order valence-electron chi connectivity index (χ0n) is 12.5. The van der Waals surface area contributed by atoms with Crippen molar-refractivity contribution in [3.8, 4) is 0 Å². The van der Waals surface area contributed by atoms with Crippen molar-refractivity contribution < 1.29 is 14.7 Å². The zero-order valence-corrected chi connectivity index (χ0v) is 12.5. The molecule has 5 heteroatoms. The molecule has 0 aromatic heterocycles. The van der Waals surface area contributed by atoms with Crippen molar-refractivity contribution in [3.05, 3.63) is 0 Å². The second-order valence-electron chi connectivity index (χ2n) is 5.64. The number of hydrogen-bond acceptors (Lipinski definition) is 2. The third-order valence-electron chi connectivity index (χ3n) is 4.42. The highest BCUT2D eigenvalue weighted by molar-refractivity contribution is 5.79. The Hall–Kier alpha value is -1.26. The van der Waals surface area contributed by atoms with E-state index in [1.807, 2.05) is 13.8 Å². The van der Waals surface area contributed by atoms with Gasteiger partial charge in [-0.2, -0.15) is 0 Å². The first-order chi connectivity index (χ1) is 8.88. The van der Waals surface area contributed by atoms with E-state index in [1.165, 1.54) is 0 Å². The number of carbonyl (C=O) groups excluding carboxylic acids is 1. The van der Waals surface area contributed by atoms with Gasteiger partial charge in [0.15, 0.2) is 0 Å². The summed E-state index contributed by atoms with van der Waals surface area (Å²) < 4.78 is 0. The lowest BCUT2D eigenvalue weighted by Crippen LogP contribution is -2.45. The Kier molecular flexibility index (Phi) is 5.20. The van der Waals surface area contributed by atoms with Crippen LogP contribution < -0.4 is 0 Å². The number of carboxylic acid groups (broad SMARTS) is 1. The standard InChI is InChI=1S/C14H26N2O3/c1-5-7-11(3)15(4)13(19)16-9-8-14(6-2,10-16)12(17)18/h11H,5-10H2,1-4H3,(H,17,18). The Labute approximate surface area is 115 Å². The number of amides is 2. The van der Waals surface area contributed by atoms with Crippen LogP contribution in [0.3, 0.4) is 0 Å². The fraction of sp³-hybridized carbons (Fsp3) is 0.857. The molecule has 1 fully saturated rings. The van der Waals surface area contributed by atoms with Gasteiger partial charge in [-0.3, -0.25) is 4.79 Å². The first-order valence-corrected chi connectivity index (χ1v) is 7.13. The lowest BCUT2D eigenvalue weighted by atomic mass is 9.84. The van der Waals surface area contributed by atoms with Gasteiger partial charge in [0.2, 0.25) is 0 Å². The molecular formula is C14H26N2O3. The van der Waals surface area contributed by atoms with Crippen molar-refractivity contribution in [2.45, 2.75) is 52.5 Å². The average Bonchev–Trinajstić information content (AvgIpc) is 2.83. The Morgan fingerprint density at radius 2 is 2.05 bits per heavy atom. The fourth-order valence-electron chi connectivity index (χ4n) is 2.67. The molecule has 0 spiro atoms. The third-order valence-corrected chi connectivity index (χ3v) is 4.42. The van der Waals surface area contributed by atoms with Crippen molar-refractivity contribution in [2.75, 3.05) is 20.1 Å². The summed E-state index contributed by atoms with van der Waals surface area (Å²) in [6, 6.07) is 0.150. The largest absolute Gasteiger partial charge is 0.481 e. The van der Waals surface area contributed by atoms with Gasteiger partial charge in [-0.15, -0.1) is 0 Å². The Morgan fingerprint density at radius 1 is 1.42 bits per heavy atom. The van der Waals surface area contributed by atoms with Crippen LogP contribution in [-0.2, 0) is 4.79 Å². The van der Waals surface area contributed by atoms with E-state index in [9.17, 15) is 14.7 Å². The summed E-state index contributed by atoms with van der Waals surface area (Å²) in [7, 11) is 1.80. The fourth-order valence-corrected chi connectivity index (χ4v) is 2.67. The van der Waals surface area contributed by atoms with Crippen LogP contribution in [0.1, 0.15) is 46.5 Å². The molecule has 0 aliphatic carbocycles. The minimum atomic E-state index is -0.783. The zero-order chi connectivity index (χ0) is 14.6. The summed E-state index contributed by atoms with van der Waals surface area (Å²) in [6.07, 6.45) is 3.13. The smallest absolute Gasteiger partial charge is 0.320 e. The van der Waals surface area contributed by atoms with E-state index in [4.69, 9.17) is 0 Å². The predicted molar refractivity (Wildman–Crippen MR) is 74.1 cm³/mol. The number of rotatable bonds is 5. The van der Waals surface area contributed by atoms with E-state index in [0.29, 0.717) is 25.9 Å². The second-order valence-corrected chi connectivity index (χ2v) is 5.64. The van der Waals surface area contributed by atoms with Crippen LogP contribution in [0.4, 0.5) is 4.79 Å². The quantitative estimate of drug-likeness (QED) is 0.834. The van der Waals surface area contributed by atoms with Gasteiger partial charge in [0, 0.05) is 26.2 Å². The van der Waals surface area contributed by atoms with Crippen molar-refractivity contribution in [1.29, 1.82) is 0 Å². The molecule has 0 aromatic carbocycles. The summed E-state index contributed by atoms with van der Waals surface area (Å²) in [5, 5.41) is 9.34. The summed E-state index contributed by atoms with van der Waals surface area (Å²) in [6.45, 7) is 6.88. The van der Waals surface area contributed by atoms with E-state index in [-0.39, 0.29) is 12.1 Å². The van der Waals surface area contributed by atoms with E-state index >= 15 is 0 Å². The van der Waals surface area contributed by atoms with Crippen molar-refractivity contribution >= 4 is 12.0 Å². The number of nitrogens with zero attached hydrogens (tertiary/aromatic N) is 2. The number of hydrogen-bond donors (Lipinski definition) is 1. The Balaban J connectivity index is 2.68. The van der Waals surface area contributed by atoms with Crippen LogP contribution in [-0.4, -0.2) is 53.1 Å². The first kappa shape index (κ1) is 15.8. The molecule has 2 amide bonds. The molecule has 1 heterocycles. The Bertz CT molecular complexity index is 346. The van der Waals surface area contributed by atoms with Gasteiger partial charge < -0.3 is 14.9 Å². The van der Waals surface area contributed by atoms with Crippen LogP contribution in [0, 0.1) is 5.41 Å². The molecule has 1 N–H and O–H groups in total. The number of likely N-dealkylation sites (tertiary alicyclic amines) is 1. The minimum absolute atomic E-state index is 0.0440. The number of carbonyl (C=O) groups is 2. The van der Waals surface area contributed by atoms with Crippen LogP contribution in [0.25, 0.3) is 0 Å². The van der Waals surface area contributed by atoms with Gasteiger partial charge in [0.1, 0.15) is 0 Å². The molecule has 1 aliphatic heterocycles.